The van der Waals surface area contributed by atoms with Crippen LogP contribution in [0, 0.1) is 42.4 Å². The molecule has 4 aromatic rings. The highest BCUT2D eigenvalue weighted by molar-refractivity contribution is 6.08. The molecule has 702 valence electrons. The molecule has 0 radical (unpaired) electrons. The van der Waals surface area contributed by atoms with Gasteiger partial charge < -0.3 is 69.7 Å². The number of fused-ring (bicyclic) bond motifs is 4. The number of methoxy groups -OCH3 is 1. The number of aliphatic hydroxyl groups is 2. The summed E-state index contributed by atoms with van der Waals surface area (Å²) < 4.78 is 35.1. The maximum Gasteiger partial charge on any atom is 0.416 e. The van der Waals surface area contributed by atoms with Crippen LogP contribution in [0.4, 0.5) is 21.0 Å². The summed E-state index contributed by atoms with van der Waals surface area (Å²) in [6.07, 6.45) is 1.95. The molecule has 2 saturated heterocycles. The zero-order chi connectivity index (χ0) is 94.5. The molecule has 6 N–H and O–H groups in total. The average Bonchev–Trinajstić information content (AvgIpc) is 1.65. The van der Waals surface area contributed by atoms with E-state index in [4.69, 9.17) is 28.4 Å². The number of benzene rings is 4. The number of nitrogens with zero attached hydrogens (tertiary/aromatic N) is 6. The predicted molar refractivity (Wildman–Crippen MR) is 474 cm³/mol. The number of hydrogen-bond acceptors (Lipinski definition) is 24. The van der Waals surface area contributed by atoms with Crippen molar-refractivity contribution in [3.63, 3.8) is 0 Å². The Morgan fingerprint density at radius 2 is 0.900 bits per heavy atom. The van der Waals surface area contributed by atoms with Crippen LogP contribution in [0.15, 0.2) is 96.3 Å². The first kappa shape index (κ1) is 100. The summed E-state index contributed by atoms with van der Waals surface area (Å²) >= 11 is 0. The van der Waals surface area contributed by atoms with Crippen LogP contribution in [0.3, 0.4) is 0 Å². The second kappa shape index (κ2) is 46.6. The number of rotatable bonds is 47. The van der Waals surface area contributed by atoms with Crippen LogP contribution in [0.25, 0.3) is 0 Å². The Morgan fingerprint density at radius 1 is 0.485 bits per heavy atom. The number of imide groups is 2. The van der Waals surface area contributed by atoms with Gasteiger partial charge in [0.1, 0.15) is 36.3 Å². The number of anilines is 2. The smallest absolute Gasteiger partial charge is 0.416 e. The first-order valence-electron chi connectivity index (χ1n) is 44.9. The standard InChI is InChI=1S/C96H124N10O24/c1-55(2)71(47-69(107)28-35-126-37-30-97-83(111)26-32-101-85(113)42-60(8)89(101)117)87(115)99-62(10)79(109)44-64-18-22-66(23-19-64)53-129-95(123)105-75-46-68(82(125-12)49-74(75)92(120)104-52-58(6)39-77(104)93(105)121)17-15-13-14-16-34-128-81-50-76-73(41-59(81)7)91(119)103-51-57(5)40-78(103)94(122)106(76)96(124)130-54-67-24-20-65(21-25-67)45-80(110)63(11)100-88(116)72(56(3)4)48-70(108)29-36-127-38-31-98-84(112)27-33-102-86(114)43-61(9)90(102)118/h18-25,41,46,49-52,55-56,60-63,71-72,77-78,93-94,121-122H,13-17,26-40,42-45,47-48,53-54H2,1-12H3,(H,97,111)(H,98,112)(H,99,115)(H,100,116)/t60?,61?,62-,63-,71-,72-,77-,78-,93-,94-/m0/s1. The number of Topliss-reactive ketones (excluding diaryl/α,β-unsaturated/α-hetero) is 4. The highest BCUT2D eigenvalue weighted by Gasteiger charge is 2.48. The van der Waals surface area contributed by atoms with Gasteiger partial charge >= 0.3 is 12.2 Å². The molecule has 6 aliphatic heterocycles. The maximum atomic E-state index is 14.5. The van der Waals surface area contributed by atoms with E-state index < -0.39 is 96.1 Å². The summed E-state index contributed by atoms with van der Waals surface area (Å²) in [7, 11) is 1.48. The van der Waals surface area contributed by atoms with Gasteiger partial charge in [0, 0.05) is 133 Å². The number of hydrogen-bond donors (Lipinski definition) is 6. The van der Waals surface area contributed by atoms with E-state index in [1.807, 2.05) is 41.5 Å². The van der Waals surface area contributed by atoms with E-state index >= 15 is 0 Å². The number of nitrogens with one attached hydrogen (secondary N) is 4. The van der Waals surface area contributed by atoms with Gasteiger partial charge in [0.05, 0.1) is 86.8 Å². The minimum Gasteiger partial charge on any atom is -0.496 e. The molecule has 0 spiro atoms. The van der Waals surface area contributed by atoms with Crippen molar-refractivity contribution in [1.29, 1.82) is 0 Å². The van der Waals surface area contributed by atoms with E-state index in [0.29, 0.717) is 77.0 Å². The lowest BCUT2D eigenvalue weighted by Crippen LogP contribution is -2.50. The molecule has 10 atom stereocenters. The summed E-state index contributed by atoms with van der Waals surface area (Å²) in [5.41, 5.74) is 5.68. The SMILES string of the molecule is COc1cc2c(cc1CCCCCCOc1cc3c(cc1C)C(=O)N1C=C(C)C[C@H]1[C@H](O)N3C(=O)OCc1ccc(CC(=O)[C@H](C)NC(=O)[C@@H](CC(=O)CCOCCNC(=O)CCN3C(=O)CC(C)C3=O)C(C)C)cc1)N(C(=O)OCc1ccc(CC(=O)[C@H](C)NC(=O)[C@@H](CC(=O)CCOCCNC(=O)CCN3C(=O)CC(C)C3=O)C(C)C)cc1)[C@@H](O)[C@@H]1CC(C)=CN1C2=O. The first-order chi connectivity index (χ1) is 61.9. The van der Waals surface area contributed by atoms with Gasteiger partial charge in [0.25, 0.3) is 11.8 Å². The van der Waals surface area contributed by atoms with E-state index in [1.165, 1.54) is 16.9 Å². The Kier molecular flexibility index (Phi) is 35.9. The van der Waals surface area contributed by atoms with Crippen molar-refractivity contribution in [2.75, 3.05) is 76.1 Å². The fraction of sp³-hybridized carbons (Fsp3) is 0.542. The lowest BCUT2D eigenvalue weighted by molar-refractivity contribution is -0.141. The van der Waals surface area contributed by atoms with Gasteiger partial charge in [-0.1, -0.05) is 114 Å². The van der Waals surface area contributed by atoms with Crippen molar-refractivity contribution in [2.24, 2.45) is 35.5 Å². The van der Waals surface area contributed by atoms with Crippen LogP contribution in [0.5, 0.6) is 11.5 Å². The van der Waals surface area contributed by atoms with Gasteiger partial charge in [-0.2, -0.15) is 0 Å². The van der Waals surface area contributed by atoms with Gasteiger partial charge in [-0.3, -0.25) is 76.9 Å². The Bertz CT molecular complexity index is 4950. The van der Waals surface area contributed by atoms with E-state index in [-0.39, 0.29) is 242 Å². The van der Waals surface area contributed by atoms with Crippen molar-refractivity contribution in [3.05, 3.63) is 141 Å². The summed E-state index contributed by atoms with van der Waals surface area (Å²) in [6, 6.07) is 16.5. The zero-order valence-electron chi connectivity index (χ0n) is 76.4. The monoisotopic (exact) mass is 1800 g/mol. The van der Waals surface area contributed by atoms with Gasteiger partial charge in [-0.15, -0.1) is 0 Å². The van der Waals surface area contributed by atoms with Crippen molar-refractivity contribution in [3.8, 4) is 11.5 Å². The quantitative estimate of drug-likeness (QED) is 0.0178. The van der Waals surface area contributed by atoms with Crippen molar-refractivity contribution >= 4 is 106 Å². The molecule has 10 rings (SSSR count). The molecule has 34 heteroatoms. The average molecular weight is 1800 g/mol. The number of carbonyl (C=O) groups is 16. The molecule has 12 amide bonds. The molecule has 130 heavy (non-hydrogen) atoms. The maximum absolute atomic E-state index is 14.5. The number of ether oxygens (including phenoxy) is 6. The summed E-state index contributed by atoms with van der Waals surface area (Å²) in [6.45, 7) is 19.6. The van der Waals surface area contributed by atoms with Crippen LogP contribution in [0.1, 0.15) is 213 Å². The third kappa shape index (κ3) is 26.3. The second-order valence-corrected chi connectivity index (χ2v) is 35.4. The lowest BCUT2D eigenvalue weighted by Gasteiger charge is -2.31. The molecular weight excluding hydrogens is 1680 g/mol. The third-order valence-electron chi connectivity index (χ3n) is 24.5. The van der Waals surface area contributed by atoms with E-state index in [9.17, 15) is 86.9 Å². The van der Waals surface area contributed by atoms with Gasteiger partial charge in [0.15, 0.2) is 24.0 Å². The molecule has 0 bridgehead atoms. The number of likely N-dealkylation sites (tertiary alicyclic amines) is 2. The molecule has 34 nitrogen and oxygen atoms in total. The molecular formula is C96H124N10O24. The molecule has 2 fully saturated rings. The molecule has 0 aromatic heterocycles. The highest BCUT2D eigenvalue weighted by atomic mass is 16.6. The van der Waals surface area contributed by atoms with Crippen molar-refractivity contribution in [2.45, 2.75) is 235 Å². The molecule has 2 unspecified atom stereocenters. The number of unbranched alkanes of at least 4 members (excludes halogenated alkanes) is 3. The van der Waals surface area contributed by atoms with Gasteiger partial charge in [-0.25, -0.2) is 19.4 Å². The fourth-order valence-corrected chi connectivity index (χ4v) is 16.7. The normalized spacial score (nSPS) is 19.2. The Hall–Kier alpha value is -11.9. The summed E-state index contributed by atoms with van der Waals surface area (Å²) in [4.78, 5) is 218. The highest BCUT2D eigenvalue weighted by Crippen LogP contribution is 2.43. The summed E-state index contributed by atoms with van der Waals surface area (Å²) in [5.74, 6) is -6.62. The molecule has 0 aliphatic carbocycles. The van der Waals surface area contributed by atoms with E-state index in [2.05, 4.69) is 21.3 Å². The number of aryl methyl sites for hydroxylation is 2. The Morgan fingerprint density at radius 3 is 1.32 bits per heavy atom. The number of carbonyl (C=O) groups excluding carboxylic acids is 16. The Balaban J connectivity index is 0.670. The molecule has 6 aliphatic rings. The second-order valence-electron chi connectivity index (χ2n) is 35.4. The minimum atomic E-state index is -1.54. The number of aliphatic hydroxyl groups excluding tert-OH is 2. The van der Waals surface area contributed by atoms with Crippen LogP contribution in [0.2, 0.25) is 0 Å². The number of ketones is 4. The van der Waals surface area contributed by atoms with E-state index in [1.54, 1.807) is 120 Å². The van der Waals surface area contributed by atoms with Crippen LogP contribution in [-0.2, 0) is 109 Å². The van der Waals surface area contributed by atoms with Gasteiger partial charge in [0.2, 0.25) is 47.3 Å². The van der Waals surface area contributed by atoms with Crippen molar-refractivity contribution < 1.29 is 115 Å². The fourth-order valence-electron chi connectivity index (χ4n) is 16.7. The summed E-state index contributed by atoms with van der Waals surface area (Å²) in [5, 5.41) is 35.1. The lowest BCUT2D eigenvalue weighted by atomic mass is 9.88. The molecule has 0 saturated carbocycles. The van der Waals surface area contributed by atoms with Crippen LogP contribution in [-0.4, -0.2) is 227 Å². The molecule has 6 heterocycles. The topological polar surface area (TPSA) is 437 Å². The molecule has 4 aromatic carbocycles. The largest absolute Gasteiger partial charge is 0.496 e. The predicted octanol–water partition coefficient (Wildman–Crippen LogP) is 8.68. The minimum absolute atomic E-state index is 0.00267. The zero-order valence-corrected chi connectivity index (χ0v) is 76.4. The first-order valence-corrected chi connectivity index (χ1v) is 44.9. The van der Waals surface area contributed by atoms with Gasteiger partial charge in [-0.05, 0) is 130 Å². The third-order valence-corrected chi connectivity index (χ3v) is 24.5. The van der Waals surface area contributed by atoms with Crippen molar-refractivity contribution in [1.82, 2.24) is 40.9 Å². The van der Waals surface area contributed by atoms with Crippen LogP contribution < -0.4 is 40.5 Å². The number of amides is 12. The van der Waals surface area contributed by atoms with E-state index in [0.717, 1.165) is 30.7 Å². The Labute approximate surface area is 757 Å². The van der Waals surface area contributed by atoms with Crippen LogP contribution >= 0.6 is 0 Å².